The van der Waals surface area contributed by atoms with Crippen LogP contribution in [0.25, 0.3) is 0 Å². The second kappa shape index (κ2) is 10.9. The Morgan fingerprint density at radius 1 is 0.737 bits per heavy atom. The molecular weight excluding hydrogens is 248 g/mol. The third kappa shape index (κ3) is 8.86. The van der Waals surface area contributed by atoms with Gasteiger partial charge in [-0.1, -0.05) is 77.6 Å². The maximum atomic E-state index is 6.09. The molecule has 0 N–H and O–H groups in total. The highest BCUT2D eigenvalue weighted by Gasteiger charge is 2.35. The van der Waals surface area contributed by atoms with Gasteiger partial charge in [-0.2, -0.15) is 0 Å². The summed E-state index contributed by atoms with van der Waals surface area (Å²) in [5.41, 5.74) is 0. The minimum Gasteiger partial charge on any atom is -0.417 e. The molecule has 1 rings (SSSR count). The van der Waals surface area contributed by atoms with Crippen LogP contribution in [0.1, 0.15) is 84.0 Å². The quantitative estimate of drug-likeness (QED) is 0.285. The fourth-order valence-corrected chi connectivity index (χ4v) is 5.18. The Hall–Kier alpha value is 0.177. The van der Waals surface area contributed by atoms with Gasteiger partial charge in [0.1, 0.15) is 0 Å². The molecule has 19 heavy (non-hydrogen) atoms. The molecule has 0 radical (unpaired) electrons. The zero-order valence-electron chi connectivity index (χ0n) is 13.5. The molecule has 0 spiro atoms. The molecule has 0 aliphatic carbocycles. The van der Waals surface area contributed by atoms with Gasteiger partial charge in [0.15, 0.2) is 8.32 Å². The van der Waals surface area contributed by atoms with E-state index >= 15 is 0 Å². The van der Waals surface area contributed by atoms with E-state index in [-0.39, 0.29) is 0 Å². The molecule has 1 heterocycles. The van der Waals surface area contributed by atoms with Crippen molar-refractivity contribution in [2.24, 2.45) is 0 Å². The normalized spacial score (nSPS) is 17.4. The fraction of sp³-hybridized carbons (Fsp3) is 1.00. The van der Waals surface area contributed by atoms with E-state index in [0.717, 1.165) is 6.61 Å². The average molecular weight is 285 g/mol. The third-order valence-corrected chi connectivity index (χ3v) is 8.33. The summed E-state index contributed by atoms with van der Waals surface area (Å²) in [6, 6.07) is 2.84. The summed E-state index contributed by atoms with van der Waals surface area (Å²) in [4.78, 5) is 0. The molecule has 1 aliphatic heterocycles. The molecule has 0 aromatic heterocycles. The van der Waals surface area contributed by atoms with Gasteiger partial charge in [0.25, 0.3) is 0 Å². The molecule has 0 bridgehead atoms. The molecule has 1 aliphatic rings. The van der Waals surface area contributed by atoms with Crippen LogP contribution in [0, 0.1) is 0 Å². The highest BCUT2D eigenvalue weighted by Crippen LogP contribution is 2.32. The lowest BCUT2D eigenvalue weighted by Gasteiger charge is -2.35. The van der Waals surface area contributed by atoms with Crippen molar-refractivity contribution in [3.63, 3.8) is 0 Å². The van der Waals surface area contributed by atoms with Gasteiger partial charge in [-0.3, -0.25) is 0 Å². The smallest absolute Gasteiger partial charge is 0.189 e. The summed E-state index contributed by atoms with van der Waals surface area (Å²) in [5.74, 6) is 0. The first kappa shape index (κ1) is 17.2. The van der Waals surface area contributed by atoms with E-state index in [0.29, 0.717) is 0 Å². The van der Waals surface area contributed by atoms with Gasteiger partial charge in [0, 0.05) is 6.61 Å². The van der Waals surface area contributed by atoms with Gasteiger partial charge in [-0.25, -0.2) is 0 Å². The van der Waals surface area contributed by atoms with Crippen molar-refractivity contribution in [3.05, 3.63) is 0 Å². The van der Waals surface area contributed by atoms with Crippen molar-refractivity contribution in [3.8, 4) is 0 Å². The number of hydrogen-bond acceptors (Lipinski definition) is 1. The van der Waals surface area contributed by atoms with Crippen molar-refractivity contribution >= 4 is 8.32 Å². The van der Waals surface area contributed by atoms with Crippen LogP contribution in [0.15, 0.2) is 0 Å². The molecule has 0 aromatic carbocycles. The maximum absolute atomic E-state index is 6.09. The standard InChI is InChI=1S/C17H36OSi/c1-3-4-5-6-7-8-9-10-11-12-13-15-18-19(2)16-14-17-19/h3-17H2,1-2H3. The first-order valence-electron chi connectivity index (χ1n) is 8.91. The first-order valence-corrected chi connectivity index (χ1v) is 11.7. The Kier molecular flexibility index (Phi) is 9.89. The monoisotopic (exact) mass is 284 g/mol. The van der Waals surface area contributed by atoms with Crippen molar-refractivity contribution in [2.75, 3.05) is 6.61 Å². The topological polar surface area (TPSA) is 9.23 Å². The van der Waals surface area contributed by atoms with Crippen LogP contribution in [0.5, 0.6) is 0 Å². The average Bonchev–Trinajstić information content (AvgIpc) is 2.38. The van der Waals surface area contributed by atoms with Gasteiger partial charge in [0.2, 0.25) is 0 Å². The van der Waals surface area contributed by atoms with E-state index < -0.39 is 8.32 Å². The lowest BCUT2D eigenvalue weighted by molar-refractivity contribution is 0.278. The molecule has 0 aromatic rings. The lowest BCUT2D eigenvalue weighted by atomic mass is 10.1. The largest absolute Gasteiger partial charge is 0.417 e. The van der Waals surface area contributed by atoms with Gasteiger partial charge < -0.3 is 4.43 Å². The van der Waals surface area contributed by atoms with Crippen LogP contribution in [-0.2, 0) is 4.43 Å². The van der Waals surface area contributed by atoms with Crippen molar-refractivity contribution < 1.29 is 4.43 Å². The van der Waals surface area contributed by atoms with E-state index in [2.05, 4.69) is 13.5 Å². The third-order valence-electron chi connectivity index (χ3n) is 4.61. The number of unbranched alkanes of at least 4 members (excludes halogenated alkanes) is 10. The van der Waals surface area contributed by atoms with Gasteiger partial charge in [-0.05, 0) is 25.1 Å². The zero-order valence-corrected chi connectivity index (χ0v) is 14.5. The summed E-state index contributed by atoms with van der Waals surface area (Å²) >= 11 is 0. The summed E-state index contributed by atoms with van der Waals surface area (Å²) in [6.45, 7) is 5.76. The van der Waals surface area contributed by atoms with Crippen LogP contribution in [-0.4, -0.2) is 14.9 Å². The predicted molar refractivity (Wildman–Crippen MR) is 88.3 cm³/mol. The number of hydrogen-bond donors (Lipinski definition) is 0. The van der Waals surface area contributed by atoms with Crippen LogP contribution in [0.3, 0.4) is 0 Å². The van der Waals surface area contributed by atoms with E-state index in [1.165, 1.54) is 89.1 Å². The van der Waals surface area contributed by atoms with Crippen LogP contribution < -0.4 is 0 Å². The molecule has 1 nitrogen and oxygen atoms in total. The number of rotatable bonds is 13. The summed E-state index contributed by atoms with van der Waals surface area (Å²) < 4.78 is 6.09. The van der Waals surface area contributed by atoms with Gasteiger partial charge in [0.05, 0.1) is 0 Å². The Morgan fingerprint density at radius 3 is 1.63 bits per heavy atom. The SMILES string of the molecule is CCCCCCCCCCCCCO[Si]1(C)CCC1. The molecule has 0 atom stereocenters. The molecule has 0 amide bonds. The molecule has 1 saturated heterocycles. The zero-order chi connectivity index (χ0) is 13.8. The highest BCUT2D eigenvalue weighted by atomic mass is 28.4. The summed E-state index contributed by atoms with van der Waals surface area (Å²) in [7, 11) is -1.09. The van der Waals surface area contributed by atoms with Crippen molar-refractivity contribution in [2.45, 2.75) is 103 Å². The Morgan fingerprint density at radius 2 is 1.21 bits per heavy atom. The van der Waals surface area contributed by atoms with Crippen molar-refractivity contribution in [1.29, 1.82) is 0 Å². The first-order chi connectivity index (χ1) is 9.27. The Bertz CT molecular complexity index is 201. The van der Waals surface area contributed by atoms with Crippen LogP contribution >= 0.6 is 0 Å². The summed E-state index contributed by atoms with van der Waals surface area (Å²) in [6.07, 6.45) is 17.1. The van der Waals surface area contributed by atoms with E-state index in [1.807, 2.05) is 0 Å². The van der Waals surface area contributed by atoms with Gasteiger partial charge >= 0.3 is 0 Å². The highest BCUT2D eigenvalue weighted by molar-refractivity contribution is 6.75. The van der Waals surface area contributed by atoms with E-state index in [4.69, 9.17) is 4.43 Å². The maximum Gasteiger partial charge on any atom is 0.189 e. The molecular formula is C17H36OSi. The van der Waals surface area contributed by atoms with Crippen LogP contribution in [0.4, 0.5) is 0 Å². The summed E-state index contributed by atoms with van der Waals surface area (Å²) in [5, 5.41) is 0. The van der Waals surface area contributed by atoms with E-state index in [9.17, 15) is 0 Å². The molecule has 2 heteroatoms. The molecule has 0 saturated carbocycles. The predicted octanol–water partition coefficient (Wildman–Crippen LogP) is 6.29. The lowest BCUT2D eigenvalue weighted by Crippen LogP contribution is -2.41. The van der Waals surface area contributed by atoms with E-state index in [1.54, 1.807) is 0 Å². The Labute approximate surface area is 122 Å². The molecule has 0 unspecified atom stereocenters. The minimum atomic E-state index is -1.09. The van der Waals surface area contributed by atoms with Gasteiger partial charge in [-0.15, -0.1) is 0 Å². The minimum absolute atomic E-state index is 1.06. The second-order valence-corrected chi connectivity index (χ2v) is 10.9. The Balaban J connectivity index is 1.69. The molecule has 1 fully saturated rings. The van der Waals surface area contributed by atoms with Crippen molar-refractivity contribution in [1.82, 2.24) is 0 Å². The van der Waals surface area contributed by atoms with Crippen LogP contribution in [0.2, 0.25) is 18.6 Å². The fourth-order valence-electron chi connectivity index (χ4n) is 2.90. The second-order valence-electron chi connectivity index (χ2n) is 6.69. The molecule has 114 valence electrons.